The number of carbonyl (C=O) groups is 1. The fourth-order valence-corrected chi connectivity index (χ4v) is 3.50. The second-order valence-corrected chi connectivity index (χ2v) is 7.53. The van der Waals surface area contributed by atoms with Gasteiger partial charge in [0.1, 0.15) is 12.1 Å². The van der Waals surface area contributed by atoms with E-state index in [0.717, 1.165) is 11.3 Å². The molecule has 0 saturated carbocycles. The van der Waals surface area contributed by atoms with Gasteiger partial charge in [-0.25, -0.2) is 0 Å². The standard InChI is InChI=1S/C19H19ClN4O2S/c1-12-14(20)7-6-8-15(12)22-18(25)13(2)27-19-23-21-11-24(19)16-9-4-5-10-17(16)26-3/h4-11,13H,1-3H3,(H,22,25). The Morgan fingerprint density at radius 2 is 2.04 bits per heavy atom. The Balaban J connectivity index is 1.77. The number of para-hydroxylation sites is 2. The molecule has 3 rings (SSSR count). The van der Waals surface area contributed by atoms with Crippen molar-refractivity contribution in [1.82, 2.24) is 14.8 Å². The van der Waals surface area contributed by atoms with Crippen molar-refractivity contribution in [2.24, 2.45) is 0 Å². The summed E-state index contributed by atoms with van der Waals surface area (Å²) in [6, 6.07) is 13.0. The summed E-state index contributed by atoms with van der Waals surface area (Å²) in [5.74, 6) is 0.561. The van der Waals surface area contributed by atoms with E-state index in [9.17, 15) is 4.79 Å². The minimum Gasteiger partial charge on any atom is -0.495 e. The summed E-state index contributed by atoms with van der Waals surface area (Å²) in [4.78, 5) is 12.6. The molecule has 0 fully saturated rings. The maximum absolute atomic E-state index is 12.6. The summed E-state index contributed by atoms with van der Waals surface area (Å²) in [6.07, 6.45) is 1.60. The number of ether oxygens (including phenoxy) is 1. The summed E-state index contributed by atoms with van der Waals surface area (Å²) in [5, 5.41) is 11.9. The Hall–Kier alpha value is -2.51. The Morgan fingerprint density at radius 1 is 1.26 bits per heavy atom. The van der Waals surface area contributed by atoms with Crippen molar-refractivity contribution in [1.29, 1.82) is 0 Å². The monoisotopic (exact) mass is 402 g/mol. The van der Waals surface area contributed by atoms with Gasteiger partial charge in [-0.2, -0.15) is 0 Å². The highest BCUT2D eigenvalue weighted by Gasteiger charge is 2.20. The van der Waals surface area contributed by atoms with Crippen LogP contribution in [0.3, 0.4) is 0 Å². The van der Waals surface area contributed by atoms with Crippen LogP contribution in [-0.2, 0) is 4.79 Å². The van der Waals surface area contributed by atoms with Gasteiger partial charge in [-0.15, -0.1) is 10.2 Å². The van der Waals surface area contributed by atoms with Crippen molar-refractivity contribution in [3.63, 3.8) is 0 Å². The van der Waals surface area contributed by atoms with Crippen LogP contribution in [0.2, 0.25) is 5.02 Å². The number of methoxy groups -OCH3 is 1. The lowest BCUT2D eigenvalue weighted by Crippen LogP contribution is -2.23. The van der Waals surface area contributed by atoms with Gasteiger partial charge < -0.3 is 10.1 Å². The molecule has 6 nitrogen and oxygen atoms in total. The van der Waals surface area contributed by atoms with E-state index < -0.39 is 0 Å². The molecular formula is C19H19ClN4O2S. The topological polar surface area (TPSA) is 69.0 Å². The number of carbonyl (C=O) groups excluding carboxylic acids is 1. The Kier molecular flexibility index (Phi) is 6.03. The van der Waals surface area contributed by atoms with Gasteiger partial charge in [-0.05, 0) is 43.7 Å². The second-order valence-electron chi connectivity index (χ2n) is 5.82. The molecule has 1 heterocycles. The minimum absolute atomic E-state index is 0.139. The number of hydrogen-bond acceptors (Lipinski definition) is 5. The van der Waals surface area contributed by atoms with Crippen LogP contribution >= 0.6 is 23.4 Å². The van der Waals surface area contributed by atoms with E-state index in [0.29, 0.717) is 21.6 Å². The first-order chi connectivity index (χ1) is 13.0. The smallest absolute Gasteiger partial charge is 0.237 e. The molecular weight excluding hydrogens is 384 g/mol. The predicted octanol–water partition coefficient (Wildman–Crippen LogP) is 4.36. The lowest BCUT2D eigenvalue weighted by Gasteiger charge is -2.15. The normalized spacial score (nSPS) is 11.9. The maximum Gasteiger partial charge on any atom is 0.237 e. The third-order valence-corrected chi connectivity index (χ3v) is 5.50. The van der Waals surface area contributed by atoms with E-state index >= 15 is 0 Å². The van der Waals surface area contributed by atoms with E-state index in [-0.39, 0.29) is 11.2 Å². The van der Waals surface area contributed by atoms with Gasteiger partial charge in [0.2, 0.25) is 5.91 Å². The van der Waals surface area contributed by atoms with Gasteiger partial charge in [0.05, 0.1) is 18.0 Å². The average molecular weight is 403 g/mol. The zero-order chi connectivity index (χ0) is 19.4. The number of nitrogens with zero attached hydrogens (tertiary/aromatic N) is 3. The zero-order valence-corrected chi connectivity index (χ0v) is 16.7. The quantitative estimate of drug-likeness (QED) is 0.620. The van der Waals surface area contributed by atoms with Crippen molar-refractivity contribution in [3.05, 3.63) is 59.4 Å². The highest BCUT2D eigenvalue weighted by molar-refractivity contribution is 8.00. The van der Waals surface area contributed by atoms with Gasteiger partial charge in [-0.3, -0.25) is 9.36 Å². The zero-order valence-electron chi connectivity index (χ0n) is 15.1. The number of benzene rings is 2. The molecule has 1 N–H and O–H groups in total. The first-order valence-electron chi connectivity index (χ1n) is 8.27. The van der Waals surface area contributed by atoms with E-state index in [4.69, 9.17) is 16.3 Å². The van der Waals surface area contributed by atoms with Gasteiger partial charge in [0, 0.05) is 10.7 Å². The molecule has 0 spiro atoms. The first kappa shape index (κ1) is 19.3. The molecule has 0 aliphatic rings. The summed E-state index contributed by atoms with van der Waals surface area (Å²) >= 11 is 7.44. The van der Waals surface area contributed by atoms with Crippen molar-refractivity contribution in [3.8, 4) is 11.4 Å². The highest BCUT2D eigenvalue weighted by atomic mass is 35.5. The second kappa shape index (κ2) is 8.45. The Labute approximate surface area is 166 Å². The third kappa shape index (κ3) is 4.26. The van der Waals surface area contributed by atoms with E-state index in [2.05, 4.69) is 15.5 Å². The van der Waals surface area contributed by atoms with Gasteiger partial charge in [0.15, 0.2) is 5.16 Å². The molecule has 140 valence electrons. The summed E-state index contributed by atoms with van der Waals surface area (Å²) < 4.78 is 7.21. The number of aromatic nitrogens is 3. The molecule has 0 radical (unpaired) electrons. The fourth-order valence-electron chi connectivity index (χ4n) is 2.49. The Bertz CT molecular complexity index is 960. The van der Waals surface area contributed by atoms with Crippen molar-refractivity contribution >= 4 is 35.0 Å². The van der Waals surface area contributed by atoms with Crippen LogP contribution in [0, 0.1) is 6.92 Å². The number of thioether (sulfide) groups is 1. The highest BCUT2D eigenvalue weighted by Crippen LogP contribution is 2.29. The molecule has 27 heavy (non-hydrogen) atoms. The molecule has 0 bridgehead atoms. The van der Waals surface area contributed by atoms with Crippen LogP contribution in [0.4, 0.5) is 5.69 Å². The number of nitrogens with one attached hydrogen (secondary N) is 1. The van der Waals surface area contributed by atoms with Gasteiger partial charge in [-0.1, -0.05) is 41.6 Å². The largest absolute Gasteiger partial charge is 0.495 e. The third-order valence-electron chi connectivity index (χ3n) is 4.04. The van der Waals surface area contributed by atoms with Crippen LogP contribution in [0.5, 0.6) is 5.75 Å². The molecule has 1 atom stereocenters. The molecule has 2 aromatic carbocycles. The van der Waals surface area contributed by atoms with Crippen LogP contribution in [0.15, 0.2) is 53.9 Å². The lowest BCUT2D eigenvalue weighted by molar-refractivity contribution is -0.115. The summed E-state index contributed by atoms with van der Waals surface area (Å²) in [5.41, 5.74) is 2.35. The minimum atomic E-state index is -0.388. The van der Waals surface area contributed by atoms with Crippen molar-refractivity contribution in [2.45, 2.75) is 24.3 Å². The SMILES string of the molecule is COc1ccccc1-n1cnnc1SC(C)C(=O)Nc1cccc(Cl)c1C. The van der Waals surface area contributed by atoms with E-state index in [1.54, 1.807) is 30.1 Å². The number of hydrogen-bond donors (Lipinski definition) is 1. The molecule has 0 aliphatic carbocycles. The van der Waals surface area contributed by atoms with E-state index in [1.165, 1.54) is 11.8 Å². The maximum atomic E-state index is 12.6. The number of halogens is 1. The van der Waals surface area contributed by atoms with Gasteiger partial charge >= 0.3 is 0 Å². The molecule has 1 unspecified atom stereocenters. The number of anilines is 1. The first-order valence-corrected chi connectivity index (χ1v) is 9.53. The van der Waals surface area contributed by atoms with Crippen LogP contribution in [0.1, 0.15) is 12.5 Å². The predicted molar refractivity (Wildman–Crippen MR) is 108 cm³/mol. The molecule has 0 saturated heterocycles. The van der Waals surface area contributed by atoms with Gasteiger partial charge in [0.25, 0.3) is 0 Å². The number of rotatable bonds is 6. The molecule has 1 amide bonds. The van der Waals surface area contributed by atoms with E-state index in [1.807, 2.05) is 44.2 Å². The van der Waals surface area contributed by atoms with Crippen molar-refractivity contribution < 1.29 is 9.53 Å². The molecule has 0 aliphatic heterocycles. The Morgan fingerprint density at radius 3 is 2.81 bits per heavy atom. The van der Waals surface area contributed by atoms with Crippen LogP contribution < -0.4 is 10.1 Å². The van der Waals surface area contributed by atoms with Crippen molar-refractivity contribution in [2.75, 3.05) is 12.4 Å². The number of amides is 1. The van der Waals surface area contributed by atoms with Crippen LogP contribution in [0.25, 0.3) is 5.69 Å². The average Bonchev–Trinajstić information content (AvgIpc) is 3.13. The lowest BCUT2D eigenvalue weighted by atomic mass is 10.2. The molecule has 8 heteroatoms. The molecule has 1 aromatic heterocycles. The summed E-state index contributed by atoms with van der Waals surface area (Å²) in [7, 11) is 1.61. The van der Waals surface area contributed by atoms with Crippen LogP contribution in [-0.4, -0.2) is 33.0 Å². The fraction of sp³-hybridized carbons (Fsp3) is 0.211. The molecule has 3 aromatic rings. The summed E-state index contributed by atoms with van der Waals surface area (Å²) in [6.45, 7) is 3.69.